The average Bonchev–Trinajstić information content (AvgIpc) is 2.41. The average molecular weight is 433 g/mol. The van der Waals surface area contributed by atoms with E-state index in [1.165, 1.54) is 12.1 Å². The van der Waals surface area contributed by atoms with Crippen LogP contribution in [0, 0.1) is 0 Å². The van der Waals surface area contributed by atoms with E-state index in [9.17, 15) is 18.0 Å². The fourth-order valence-electron chi connectivity index (χ4n) is 1.52. The van der Waals surface area contributed by atoms with Crippen LogP contribution in [-0.4, -0.2) is 31.0 Å². The minimum Gasteiger partial charge on any atom is -0.381 e. The SMILES string of the molecule is O=C(NCCCOCCBr)c1ccc(Br)c(C(F)(F)F)c1. The molecule has 1 N–H and O–H groups in total. The van der Waals surface area contributed by atoms with Crippen LogP contribution in [0.5, 0.6) is 0 Å². The van der Waals surface area contributed by atoms with Crippen molar-refractivity contribution >= 4 is 37.8 Å². The summed E-state index contributed by atoms with van der Waals surface area (Å²) in [7, 11) is 0. The molecule has 21 heavy (non-hydrogen) atoms. The Kier molecular flexibility index (Phi) is 7.69. The van der Waals surface area contributed by atoms with Crippen LogP contribution in [0.3, 0.4) is 0 Å². The van der Waals surface area contributed by atoms with Crippen LogP contribution in [0.4, 0.5) is 13.2 Å². The fourth-order valence-corrected chi connectivity index (χ4v) is 2.22. The molecule has 0 aromatic heterocycles. The number of hydrogen-bond acceptors (Lipinski definition) is 2. The van der Waals surface area contributed by atoms with Gasteiger partial charge in [0.15, 0.2) is 0 Å². The van der Waals surface area contributed by atoms with E-state index < -0.39 is 17.6 Å². The molecule has 0 saturated heterocycles. The maximum Gasteiger partial charge on any atom is 0.417 e. The fraction of sp³-hybridized carbons (Fsp3) is 0.462. The molecule has 0 unspecified atom stereocenters. The van der Waals surface area contributed by atoms with Crippen LogP contribution in [0.1, 0.15) is 22.3 Å². The van der Waals surface area contributed by atoms with E-state index in [0.29, 0.717) is 26.2 Å². The van der Waals surface area contributed by atoms with Gasteiger partial charge in [0.05, 0.1) is 12.2 Å². The summed E-state index contributed by atoms with van der Waals surface area (Å²) in [5.74, 6) is -0.534. The summed E-state index contributed by atoms with van der Waals surface area (Å²) < 4.78 is 43.3. The summed E-state index contributed by atoms with van der Waals surface area (Å²) in [5.41, 5.74) is -0.886. The molecule has 0 spiro atoms. The largest absolute Gasteiger partial charge is 0.417 e. The smallest absolute Gasteiger partial charge is 0.381 e. The standard InChI is InChI=1S/C13H14Br2F3NO2/c14-4-7-21-6-1-5-19-12(20)9-2-3-11(15)10(8-9)13(16,17)18/h2-3,8H,1,4-7H2,(H,19,20). The lowest BCUT2D eigenvalue weighted by Gasteiger charge is -2.11. The lowest BCUT2D eigenvalue weighted by Crippen LogP contribution is -2.25. The van der Waals surface area contributed by atoms with Crippen LogP contribution >= 0.6 is 31.9 Å². The Labute approximate surface area is 137 Å². The van der Waals surface area contributed by atoms with Crippen molar-refractivity contribution in [3.8, 4) is 0 Å². The van der Waals surface area contributed by atoms with Gasteiger partial charge >= 0.3 is 6.18 Å². The molecular weight excluding hydrogens is 419 g/mol. The molecule has 0 bridgehead atoms. The lowest BCUT2D eigenvalue weighted by atomic mass is 10.1. The third kappa shape index (κ3) is 6.36. The van der Waals surface area contributed by atoms with Gasteiger partial charge in [-0.1, -0.05) is 31.9 Å². The summed E-state index contributed by atoms with van der Waals surface area (Å²) in [5, 5.41) is 3.30. The van der Waals surface area contributed by atoms with E-state index in [1.54, 1.807) is 0 Å². The molecule has 3 nitrogen and oxygen atoms in total. The van der Waals surface area contributed by atoms with E-state index in [2.05, 4.69) is 37.2 Å². The molecule has 0 saturated carbocycles. The highest BCUT2D eigenvalue weighted by atomic mass is 79.9. The Balaban J connectivity index is 2.55. The Morgan fingerprint density at radius 1 is 1.29 bits per heavy atom. The number of nitrogens with one attached hydrogen (secondary N) is 1. The van der Waals surface area contributed by atoms with Crippen molar-refractivity contribution < 1.29 is 22.7 Å². The van der Waals surface area contributed by atoms with Crippen molar-refractivity contribution in [3.05, 3.63) is 33.8 Å². The molecule has 8 heteroatoms. The quantitative estimate of drug-likeness (QED) is 0.522. The van der Waals surface area contributed by atoms with E-state index in [1.807, 2.05) is 0 Å². The molecule has 0 radical (unpaired) electrons. The normalized spacial score (nSPS) is 11.5. The van der Waals surface area contributed by atoms with Crippen molar-refractivity contribution in [3.63, 3.8) is 0 Å². The van der Waals surface area contributed by atoms with Crippen LogP contribution in [0.2, 0.25) is 0 Å². The number of ether oxygens (including phenoxy) is 1. The van der Waals surface area contributed by atoms with Gasteiger partial charge in [0.1, 0.15) is 0 Å². The molecule has 1 aromatic rings. The minimum absolute atomic E-state index is 0.0214. The second-order valence-electron chi connectivity index (χ2n) is 4.10. The molecule has 0 fully saturated rings. The highest BCUT2D eigenvalue weighted by molar-refractivity contribution is 9.10. The number of hydrogen-bond donors (Lipinski definition) is 1. The van der Waals surface area contributed by atoms with Gasteiger partial charge in [0.25, 0.3) is 5.91 Å². The second kappa shape index (κ2) is 8.75. The number of rotatable bonds is 7. The first kappa shape index (κ1) is 18.4. The van der Waals surface area contributed by atoms with Crippen molar-refractivity contribution in [2.45, 2.75) is 12.6 Å². The van der Waals surface area contributed by atoms with E-state index in [0.717, 1.165) is 11.4 Å². The third-order valence-electron chi connectivity index (χ3n) is 2.51. The van der Waals surface area contributed by atoms with Crippen LogP contribution in [-0.2, 0) is 10.9 Å². The topological polar surface area (TPSA) is 38.3 Å². The van der Waals surface area contributed by atoms with Crippen molar-refractivity contribution in [1.82, 2.24) is 5.32 Å². The third-order valence-corrected chi connectivity index (χ3v) is 3.52. The first-order chi connectivity index (χ1) is 9.86. The van der Waals surface area contributed by atoms with Gasteiger partial charge in [0.2, 0.25) is 0 Å². The first-order valence-corrected chi connectivity index (χ1v) is 8.06. The molecule has 0 atom stereocenters. The zero-order valence-corrected chi connectivity index (χ0v) is 14.1. The predicted octanol–water partition coefficient (Wildman–Crippen LogP) is 4.00. The summed E-state index contributed by atoms with van der Waals surface area (Å²) in [4.78, 5) is 11.8. The molecule has 1 aromatic carbocycles. The van der Waals surface area contributed by atoms with Crippen LogP contribution in [0.25, 0.3) is 0 Å². The number of benzene rings is 1. The maximum atomic E-state index is 12.7. The van der Waals surface area contributed by atoms with E-state index in [4.69, 9.17) is 4.74 Å². The molecule has 0 aliphatic rings. The number of alkyl halides is 4. The first-order valence-electron chi connectivity index (χ1n) is 6.15. The minimum atomic E-state index is -4.50. The molecule has 118 valence electrons. The number of carbonyl (C=O) groups is 1. The predicted molar refractivity (Wildman–Crippen MR) is 80.7 cm³/mol. The Morgan fingerprint density at radius 2 is 2.00 bits per heavy atom. The summed E-state index contributed by atoms with van der Waals surface area (Å²) in [6.45, 7) is 1.41. The maximum absolute atomic E-state index is 12.7. The molecule has 0 heterocycles. The summed E-state index contributed by atoms with van der Waals surface area (Å²) in [6, 6.07) is 3.40. The van der Waals surface area contributed by atoms with Crippen molar-refractivity contribution in [2.24, 2.45) is 0 Å². The summed E-state index contributed by atoms with van der Waals surface area (Å²) in [6.07, 6.45) is -3.90. The second-order valence-corrected chi connectivity index (χ2v) is 5.75. The molecule has 0 aliphatic carbocycles. The van der Waals surface area contributed by atoms with E-state index >= 15 is 0 Å². The van der Waals surface area contributed by atoms with Gasteiger partial charge in [-0.25, -0.2) is 0 Å². The number of halogens is 5. The Morgan fingerprint density at radius 3 is 2.62 bits per heavy atom. The van der Waals surface area contributed by atoms with Gasteiger partial charge in [-0.2, -0.15) is 13.2 Å². The van der Waals surface area contributed by atoms with Gasteiger partial charge in [-0.3, -0.25) is 4.79 Å². The molecule has 1 rings (SSSR count). The van der Waals surface area contributed by atoms with Gasteiger partial charge in [-0.15, -0.1) is 0 Å². The summed E-state index contributed by atoms with van der Waals surface area (Å²) >= 11 is 6.04. The molecule has 1 amide bonds. The van der Waals surface area contributed by atoms with E-state index in [-0.39, 0.29) is 10.0 Å². The highest BCUT2D eigenvalue weighted by Gasteiger charge is 2.33. The van der Waals surface area contributed by atoms with Crippen LogP contribution in [0.15, 0.2) is 22.7 Å². The Bertz CT molecular complexity index is 481. The van der Waals surface area contributed by atoms with Crippen LogP contribution < -0.4 is 5.32 Å². The Hall–Kier alpha value is -0.600. The number of carbonyl (C=O) groups excluding carboxylic acids is 1. The number of amides is 1. The highest BCUT2D eigenvalue weighted by Crippen LogP contribution is 2.35. The molecule has 0 aliphatic heterocycles. The van der Waals surface area contributed by atoms with Gasteiger partial charge < -0.3 is 10.1 Å². The van der Waals surface area contributed by atoms with Crippen molar-refractivity contribution in [2.75, 3.05) is 25.1 Å². The van der Waals surface area contributed by atoms with Gasteiger partial charge in [0, 0.05) is 28.5 Å². The van der Waals surface area contributed by atoms with Gasteiger partial charge in [-0.05, 0) is 24.6 Å². The lowest BCUT2D eigenvalue weighted by molar-refractivity contribution is -0.138. The zero-order chi connectivity index (χ0) is 15.9. The monoisotopic (exact) mass is 431 g/mol. The zero-order valence-electron chi connectivity index (χ0n) is 11.0. The molecular formula is C13H14Br2F3NO2. The van der Waals surface area contributed by atoms with Crippen molar-refractivity contribution in [1.29, 1.82) is 0 Å².